The number of imide groups is 1. The maximum Gasteiger partial charge on any atom is 0.271 e. The van der Waals surface area contributed by atoms with Crippen LogP contribution in [-0.4, -0.2) is 26.7 Å². The molecular formula is C15H16ClNO2S. The summed E-state index contributed by atoms with van der Waals surface area (Å²) in [6.45, 7) is 0. The van der Waals surface area contributed by atoms with E-state index in [0.717, 1.165) is 25.7 Å². The molecule has 3 nitrogen and oxygen atoms in total. The second-order valence-corrected chi connectivity index (χ2v) is 6.99. The molecule has 0 N–H and O–H groups in total. The third-order valence-corrected chi connectivity index (χ3v) is 5.92. The molecule has 1 aromatic carbocycles. The van der Waals surface area contributed by atoms with Gasteiger partial charge in [-0.1, -0.05) is 31.4 Å². The largest absolute Gasteiger partial charge is 0.271 e. The Hall–Kier alpha value is -1.00. The lowest BCUT2D eigenvalue weighted by molar-refractivity contribution is 0.0776. The molecule has 20 heavy (non-hydrogen) atoms. The minimum absolute atomic E-state index is 0.0341. The Balaban J connectivity index is 1.79. The first kappa shape index (κ1) is 14.0. The number of halogens is 1. The van der Waals surface area contributed by atoms with Crippen LogP contribution in [0.25, 0.3) is 0 Å². The minimum Gasteiger partial charge on any atom is -0.268 e. The number of nitrogens with zero attached hydrogens (tertiary/aromatic N) is 1. The van der Waals surface area contributed by atoms with Gasteiger partial charge in [0.15, 0.2) is 0 Å². The molecule has 0 radical (unpaired) electrons. The van der Waals surface area contributed by atoms with Gasteiger partial charge in [0.2, 0.25) is 0 Å². The third kappa shape index (κ3) is 2.47. The number of alkyl halides is 1. The Morgan fingerprint density at radius 1 is 1.00 bits per heavy atom. The zero-order valence-electron chi connectivity index (χ0n) is 11.0. The first-order valence-electron chi connectivity index (χ1n) is 6.97. The molecule has 1 aliphatic heterocycles. The van der Waals surface area contributed by atoms with Crippen molar-refractivity contribution < 1.29 is 9.59 Å². The molecule has 0 spiro atoms. The molecule has 5 heteroatoms. The number of fused-ring (bicyclic) bond motifs is 1. The SMILES string of the molecule is O=C1c2ccccc2C(=O)N1SC1CCCCCC1Cl. The molecule has 2 atom stereocenters. The highest BCUT2D eigenvalue weighted by atomic mass is 35.5. The lowest BCUT2D eigenvalue weighted by atomic mass is 10.1. The van der Waals surface area contributed by atoms with Crippen molar-refractivity contribution in [1.82, 2.24) is 4.31 Å². The Kier molecular flexibility index (Phi) is 4.03. The van der Waals surface area contributed by atoms with Gasteiger partial charge in [-0.3, -0.25) is 9.59 Å². The van der Waals surface area contributed by atoms with E-state index in [1.165, 1.54) is 22.7 Å². The van der Waals surface area contributed by atoms with Crippen LogP contribution in [0.1, 0.15) is 52.8 Å². The highest BCUT2D eigenvalue weighted by Crippen LogP contribution is 2.37. The number of hydrogen-bond acceptors (Lipinski definition) is 3. The van der Waals surface area contributed by atoms with E-state index < -0.39 is 0 Å². The molecule has 0 bridgehead atoms. The summed E-state index contributed by atoms with van der Waals surface area (Å²) in [5.74, 6) is -0.410. The van der Waals surface area contributed by atoms with E-state index >= 15 is 0 Å². The normalized spacial score (nSPS) is 26.6. The molecule has 106 valence electrons. The molecule has 2 amide bonds. The number of amides is 2. The zero-order chi connectivity index (χ0) is 14.1. The Bertz CT molecular complexity index is 513. The van der Waals surface area contributed by atoms with Crippen LogP contribution >= 0.6 is 23.5 Å². The van der Waals surface area contributed by atoms with Crippen molar-refractivity contribution in [3.8, 4) is 0 Å². The number of carbonyl (C=O) groups excluding carboxylic acids is 2. The van der Waals surface area contributed by atoms with Gasteiger partial charge < -0.3 is 0 Å². The van der Waals surface area contributed by atoms with Crippen molar-refractivity contribution in [2.45, 2.75) is 42.7 Å². The lowest BCUT2D eigenvalue weighted by Crippen LogP contribution is -2.29. The second-order valence-electron chi connectivity index (χ2n) is 5.25. The molecule has 1 heterocycles. The van der Waals surface area contributed by atoms with Gasteiger partial charge in [-0.15, -0.1) is 11.6 Å². The minimum atomic E-state index is -0.205. The third-order valence-electron chi connectivity index (χ3n) is 3.87. The van der Waals surface area contributed by atoms with Crippen LogP contribution in [0.15, 0.2) is 24.3 Å². The number of benzene rings is 1. The topological polar surface area (TPSA) is 37.4 Å². The molecule has 0 saturated heterocycles. The van der Waals surface area contributed by atoms with Crippen LogP contribution < -0.4 is 0 Å². The van der Waals surface area contributed by atoms with Crippen LogP contribution in [0.5, 0.6) is 0 Å². The Labute approximate surface area is 127 Å². The molecular weight excluding hydrogens is 294 g/mol. The van der Waals surface area contributed by atoms with Gasteiger partial charge in [0.1, 0.15) is 0 Å². The maximum absolute atomic E-state index is 12.3. The van der Waals surface area contributed by atoms with Crippen molar-refractivity contribution in [3.05, 3.63) is 35.4 Å². The average Bonchev–Trinajstić information content (AvgIpc) is 2.61. The standard InChI is InChI=1S/C15H16ClNO2S/c16-12-8-2-1-3-9-13(12)20-17-14(18)10-6-4-5-7-11(10)15(17)19/h4-7,12-13H,1-3,8-9H2. The summed E-state index contributed by atoms with van der Waals surface area (Å²) >= 11 is 7.73. The monoisotopic (exact) mass is 309 g/mol. The predicted molar refractivity (Wildman–Crippen MR) is 81.0 cm³/mol. The summed E-state index contributed by atoms with van der Waals surface area (Å²) < 4.78 is 1.30. The Morgan fingerprint density at radius 3 is 2.25 bits per heavy atom. The van der Waals surface area contributed by atoms with Gasteiger partial charge in [-0.2, -0.15) is 0 Å². The van der Waals surface area contributed by atoms with E-state index in [0.29, 0.717) is 11.1 Å². The van der Waals surface area contributed by atoms with Crippen LogP contribution in [0.4, 0.5) is 0 Å². The number of hydrogen-bond donors (Lipinski definition) is 0. The van der Waals surface area contributed by atoms with E-state index in [1.54, 1.807) is 24.3 Å². The summed E-state index contributed by atoms with van der Waals surface area (Å²) in [5, 5.41) is 0.174. The Morgan fingerprint density at radius 2 is 1.60 bits per heavy atom. The van der Waals surface area contributed by atoms with Gasteiger partial charge in [0, 0.05) is 10.6 Å². The first-order chi connectivity index (χ1) is 9.68. The fourth-order valence-corrected chi connectivity index (χ4v) is 4.36. The fourth-order valence-electron chi connectivity index (χ4n) is 2.75. The summed E-state index contributed by atoms with van der Waals surface area (Å²) in [6, 6.07) is 6.99. The van der Waals surface area contributed by atoms with Crippen LogP contribution in [0.3, 0.4) is 0 Å². The molecule has 1 fully saturated rings. The fraction of sp³-hybridized carbons (Fsp3) is 0.467. The van der Waals surface area contributed by atoms with E-state index in [1.807, 2.05) is 0 Å². The van der Waals surface area contributed by atoms with Gasteiger partial charge >= 0.3 is 0 Å². The number of rotatable bonds is 2. The van der Waals surface area contributed by atoms with Gasteiger partial charge in [0.05, 0.1) is 11.1 Å². The van der Waals surface area contributed by atoms with E-state index in [9.17, 15) is 9.59 Å². The molecule has 3 rings (SSSR count). The van der Waals surface area contributed by atoms with Crippen molar-refractivity contribution >= 4 is 35.4 Å². The molecule has 1 saturated carbocycles. The average molecular weight is 310 g/mol. The maximum atomic E-state index is 12.3. The van der Waals surface area contributed by atoms with E-state index in [-0.39, 0.29) is 22.4 Å². The molecule has 0 aromatic heterocycles. The van der Waals surface area contributed by atoms with E-state index in [4.69, 9.17) is 11.6 Å². The van der Waals surface area contributed by atoms with Crippen LogP contribution in [0, 0.1) is 0 Å². The predicted octanol–water partition coefficient (Wildman–Crippen LogP) is 3.87. The van der Waals surface area contributed by atoms with E-state index in [2.05, 4.69) is 0 Å². The van der Waals surface area contributed by atoms with Crippen LogP contribution in [0.2, 0.25) is 0 Å². The summed E-state index contributed by atoms with van der Waals surface area (Å²) in [5.41, 5.74) is 1.01. The van der Waals surface area contributed by atoms with Gasteiger partial charge in [-0.05, 0) is 36.9 Å². The molecule has 1 aromatic rings. The molecule has 2 unspecified atom stereocenters. The molecule has 1 aliphatic carbocycles. The van der Waals surface area contributed by atoms with Crippen molar-refractivity contribution in [1.29, 1.82) is 0 Å². The summed E-state index contributed by atoms with van der Waals surface area (Å²) in [6.07, 6.45) is 5.36. The first-order valence-corrected chi connectivity index (χ1v) is 8.24. The van der Waals surface area contributed by atoms with Crippen molar-refractivity contribution in [3.63, 3.8) is 0 Å². The quantitative estimate of drug-likeness (QED) is 0.360. The summed E-state index contributed by atoms with van der Waals surface area (Å²) in [7, 11) is 0. The van der Waals surface area contributed by atoms with Crippen molar-refractivity contribution in [2.75, 3.05) is 0 Å². The summed E-state index contributed by atoms with van der Waals surface area (Å²) in [4.78, 5) is 24.6. The highest BCUT2D eigenvalue weighted by molar-refractivity contribution is 7.98. The number of carbonyl (C=O) groups is 2. The van der Waals surface area contributed by atoms with Gasteiger partial charge in [-0.25, -0.2) is 4.31 Å². The van der Waals surface area contributed by atoms with Gasteiger partial charge in [0.25, 0.3) is 11.8 Å². The second kappa shape index (κ2) is 5.78. The zero-order valence-corrected chi connectivity index (χ0v) is 12.6. The lowest BCUT2D eigenvalue weighted by Gasteiger charge is -2.23. The molecule has 2 aliphatic rings. The smallest absolute Gasteiger partial charge is 0.268 e. The van der Waals surface area contributed by atoms with Crippen molar-refractivity contribution in [2.24, 2.45) is 0 Å². The highest BCUT2D eigenvalue weighted by Gasteiger charge is 2.38. The van der Waals surface area contributed by atoms with Crippen LogP contribution in [-0.2, 0) is 0 Å².